The SMILES string of the molecule is Cc1ccccc1Nc1ccc2c([nH]c3ccccc32)c1C=N. The van der Waals surface area contributed by atoms with Crippen molar-refractivity contribution in [1.82, 2.24) is 4.98 Å². The van der Waals surface area contributed by atoms with E-state index < -0.39 is 0 Å². The van der Waals surface area contributed by atoms with Crippen LogP contribution in [0.25, 0.3) is 21.8 Å². The standard InChI is InChI=1S/C20H17N3/c1-13-6-2-4-8-17(13)22-19-11-10-15-14-7-3-5-9-18(14)23-20(15)16(19)12-21/h2-12,21-23H,1H3. The van der Waals surface area contributed by atoms with Gasteiger partial charge in [0.05, 0.1) is 5.52 Å². The number of anilines is 2. The monoisotopic (exact) mass is 299 g/mol. The van der Waals surface area contributed by atoms with E-state index in [1.54, 1.807) is 0 Å². The van der Waals surface area contributed by atoms with Gasteiger partial charge in [-0.2, -0.15) is 0 Å². The van der Waals surface area contributed by atoms with Gasteiger partial charge in [-0.05, 0) is 30.7 Å². The Morgan fingerprint density at radius 1 is 0.870 bits per heavy atom. The van der Waals surface area contributed by atoms with Crippen molar-refractivity contribution in [2.75, 3.05) is 5.32 Å². The van der Waals surface area contributed by atoms with E-state index in [9.17, 15) is 0 Å². The number of aryl methyl sites for hydroxylation is 1. The van der Waals surface area contributed by atoms with Crippen molar-refractivity contribution in [3.05, 3.63) is 71.8 Å². The molecule has 1 aromatic heterocycles. The normalized spacial score (nSPS) is 11.0. The number of hydrogen-bond acceptors (Lipinski definition) is 2. The number of rotatable bonds is 3. The number of aromatic amines is 1. The van der Waals surface area contributed by atoms with Crippen LogP contribution in [0.2, 0.25) is 0 Å². The van der Waals surface area contributed by atoms with Crippen LogP contribution in [0.4, 0.5) is 11.4 Å². The highest BCUT2D eigenvalue weighted by Crippen LogP contribution is 2.32. The van der Waals surface area contributed by atoms with E-state index in [1.807, 2.05) is 24.3 Å². The van der Waals surface area contributed by atoms with E-state index in [2.05, 4.69) is 53.6 Å². The van der Waals surface area contributed by atoms with Crippen LogP contribution in [0, 0.1) is 12.3 Å². The van der Waals surface area contributed by atoms with Crippen molar-refractivity contribution in [3.8, 4) is 0 Å². The zero-order valence-electron chi connectivity index (χ0n) is 12.9. The van der Waals surface area contributed by atoms with Gasteiger partial charge in [0.15, 0.2) is 0 Å². The molecule has 0 aliphatic carbocycles. The third kappa shape index (κ3) is 2.18. The van der Waals surface area contributed by atoms with Crippen LogP contribution in [-0.2, 0) is 0 Å². The summed E-state index contributed by atoms with van der Waals surface area (Å²) in [7, 11) is 0. The molecule has 4 rings (SSSR count). The van der Waals surface area contributed by atoms with Crippen molar-refractivity contribution in [1.29, 1.82) is 5.41 Å². The number of fused-ring (bicyclic) bond motifs is 3. The van der Waals surface area contributed by atoms with Crippen molar-refractivity contribution in [2.45, 2.75) is 6.92 Å². The molecular weight excluding hydrogens is 282 g/mol. The first kappa shape index (κ1) is 13.6. The van der Waals surface area contributed by atoms with Gasteiger partial charge < -0.3 is 15.7 Å². The number of aromatic nitrogens is 1. The molecule has 0 radical (unpaired) electrons. The lowest BCUT2D eigenvalue weighted by Crippen LogP contribution is -1.97. The van der Waals surface area contributed by atoms with Gasteiger partial charge in [-0.25, -0.2) is 0 Å². The van der Waals surface area contributed by atoms with Crippen LogP contribution in [0.5, 0.6) is 0 Å². The first-order valence-electron chi connectivity index (χ1n) is 7.64. The molecule has 0 saturated heterocycles. The van der Waals surface area contributed by atoms with Gasteiger partial charge >= 0.3 is 0 Å². The molecule has 0 saturated carbocycles. The Balaban J connectivity index is 1.92. The molecule has 4 aromatic rings. The molecule has 3 N–H and O–H groups in total. The quantitative estimate of drug-likeness (QED) is 0.438. The van der Waals surface area contributed by atoms with Crippen LogP contribution in [0.15, 0.2) is 60.7 Å². The molecule has 0 unspecified atom stereocenters. The van der Waals surface area contributed by atoms with E-state index in [0.29, 0.717) is 0 Å². The average Bonchev–Trinajstić information content (AvgIpc) is 2.95. The molecule has 0 bridgehead atoms. The van der Waals surface area contributed by atoms with Gasteiger partial charge in [-0.3, -0.25) is 0 Å². The van der Waals surface area contributed by atoms with E-state index >= 15 is 0 Å². The Kier molecular flexibility index (Phi) is 3.12. The maximum absolute atomic E-state index is 7.87. The Bertz CT molecular complexity index is 1030. The second kappa shape index (κ2) is 5.29. The van der Waals surface area contributed by atoms with Gasteiger partial charge in [0, 0.05) is 39.4 Å². The Hall–Kier alpha value is -3.07. The van der Waals surface area contributed by atoms with Crippen LogP contribution in [-0.4, -0.2) is 11.2 Å². The molecule has 1 heterocycles. The number of para-hydroxylation sites is 2. The Morgan fingerprint density at radius 3 is 2.48 bits per heavy atom. The minimum atomic E-state index is 0.877. The van der Waals surface area contributed by atoms with Crippen LogP contribution in [0.3, 0.4) is 0 Å². The molecule has 0 spiro atoms. The molecular formula is C20H17N3. The predicted octanol–water partition coefficient (Wildman–Crippen LogP) is 5.37. The van der Waals surface area contributed by atoms with Crippen molar-refractivity contribution in [3.63, 3.8) is 0 Å². The minimum absolute atomic E-state index is 0.877. The second-order valence-corrected chi connectivity index (χ2v) is 5.70. The summed E-state index contributed by atoms with van der Waals surface area (Å²) >= 11 is 0. The second-order valence-electron chi connectivity index (χ2n) is 5.70. The summed E-state index contributed by atoms with van der Waals surface area (Å²) in [6.45, 7) is 2.08. The van der Waals surface area contributed by atoms with Crippen LogP contribution in [0.1, 0.15) is 11.1 Å². The zero-order chi connectivity index (χ0) is 15.8. The van der Waals surface area contributed by atoms with Crippen LogP contribution < -0.4 is 5.32 Å². The molecule has 0 fully saturated rings. The number of H-pyrrole nitrogens is 1. The van der Waals surface area contributed by atoms with Crippen molar-refractivity contribution in [2.24, 2.45) is 0 Å². The van der Waals surface area contributed by atoms with Gasteiger partial charge in [0.1, 0.15) is 0 Å². The highest BCUT2D eigenvalue weighted by atomic mass is 14.9. The summed E-state index contributed by atoms with van der Waals surface area (Å²) in [5.74, 6) is 0. The fourth-order valence-corrected chi connectivity index (χ4v) is 3.06. The first-order valence-corrected chi connectivity index (χ1v) is 7.64. The molecule has 3 nitrogen and oxygen atoms in total. The highest BCUT2D eigenvalue weighted by Gasteiger charge is 2.11. The lowest BCUT2D eigenvalue weighted by atomic mass is 10.1. The van der Waals surface area contributed by atoms with Gasteiger partial charge in [0.25, 0.3) is 0 Å². The lowest BCUT2D eigenvalue weighted by molar-refractivity contribution is 1.42. The summed E-state index contributed by atoms with van der Waals surface area (Å²) in [6, 6.07) is 20.6. The number of benzene rings is 3. The van der Waals surface area contributed by atoms with Crippen molar-refractivity contribution >= 4 is 39.4 Å². The molecule has 0 aliphatic rings. The Labute approximate surface area is 134 Å². The highest BCUT2D eigenvalue weighted by molar-refractivity contribution is 6.14. The van der Waals surface area contributed by atoms with Crippen LogP contribution >= 0.6 is 0 Å². The molecule has 3 aromatic carbocycles. The third-order valence-corrected chi connectivity index (χ3v) is 4.28. The fourth-order valence-electron chi connectivity index (χ4n) is 3.06. The predicted molar refractivity (Wildman–Crippen MR) is 98.2 cm³/mol. The fraction of sp³-hybridized carbons (Fsp3) is 0.0500. The average molecular weight is 299 g/mol. The lowest BCUT2D eigenvalue weighted by Gasteiger charge is -2.12. The third-order valence-electron chi connectivity index (χ3n) is 4.28. The maximum Gasteiger partial charge on any atom is 0.0574 e. The van der Waals surface area contributed by atoms with Gasteiger partial charge in [-0.15, -0.1) is 0 Å². The summed E-state index contributed by atoms with van der Waals surface area (Å²) in [4.78, 5) is 3.45. The smallest absolute Gasteiger partial charge is 0.0574 e. The summed E-state index contributed by atoms with van der Waals surface area (Å²) < 4.78 is 0. The number of hydrogen-bond donors (Lipinski definition) is 3. The van der Waals surface area contributed by atoms with E-state index in [4.69, 9.17) is 5.41 Å². The first-order chi connectivity index (χ1) is 11.3. The molecule has 0 amide bonds. The van der Waals surface area contributed by atoms with Gasteiger partial charge in [-0.1, -0.05) is 42.5 Å². The molecule has 0 aliphatic heterocycles. The van der Waals surface area contributed by atoms with E-state index in [0.717, 1.165) is 33.4 Å². The molecule has 3 heteroatoms. The summed E-state index contributed by atoms with van der Waals surface area (Å²) in [5.41, 5.74) is 6.15. The molecule has 23 heavy (non-hydrogen) atoms. The summed E-state index contributed by atoms with van der Waals surface area (Å²) in [5, 5.41) is 13.7. The van der Waals surface area contributed by atoms with Gasteiger partial charge in [0.2, 0.25) is 0 Å². The topological polar surface area (TPSA) is 51.7 Å². The van der Waals surface area contributed by atoms with E-state index in [1.165, 1.54) is 17.2 Å². The Morgan fingerprint density at radius 2 is 1.65 bits per heavy atom. The maximum atomic E-state index is 7.87. The largest absolute Gasteiger partial charge is 0.355 e. The number of nitrogens with one attached hydrogen (secondary N) is 3. The summed E-state index contributed by atoms with van der Waals surface area (Å²) in [6.07, 6.45) is 1.42. The molecule has 112 valence electrons. The van der Waals surface area contributed by atoms with E-state index in [-0.39, 0.29) is 0 Å². The zero-order valence-corrected chi connectivity index (χ0v) is 12.9. The molecule has 0 atom stereocenters. The van der Waals surface area contributed by atoms with Crippen molar-refractivity contribution < 1.29 is 0 Å². The minimum Gasteiger partial charge on any atom is -0.355 e.